The van der Waals surface area contributed by atoms with Gasteiger partial charge in [0.05, 0.1) is 5.56 Å². The fraction of sp³-hybridized carbons (Fsp3) is 0.517. The van der Waals surface area contributed by atoms with E-state index >= 15 is 0 Å². The number of hydrogen-bond donors (Lipinski definition) is 2. The number of carbonyl (C=O) groups excluding carboxylic acids is 2. The van der Waals surface area contributed by atoms with E-state index in [1.54, 1.807) is 19.4 Å². The van der Waals surface area contributed by atoms with Gasteiger partial charge in [-0.3, -0.25) is 4.79 Å². The number of rotatable bonds is 7. The summed E-state index contributed by atoms with van der Waals surface area (Å²) in [7, 11) is 3.69. The van der Waals surface area contributed by atoms with Crippen molar-refractivity contribution >= 4 is 23.4 Å². The second-order valence-corrected chi connectivity index (χ2v) is 10.9. The lowest BCUT2D eigenvalue weighted by Crippen LogP contribution is -2.35. The summed E-state index contributed by atoms with van der Waals surface area (Å²) in [6.07, 6.45) is 6.46. The van der Waals surface area contributed by atoms with Crippen LogP contribution < -0.4 is 16.0 Å². The summed E-state index contributed by atoms with van der Waals surface area (Å²) < 4.78 is 5.38. The maximum atomic E-state index is 13.0. The third-order valence-corrected chi connectivity index (χ3v) is 6.55. The molecule has 0 spiro atoms. The Kier molecular flexibility index (Phi) is 9.72. The lowest BCUT2D eigenvalue weighted by molar-refractivity contribution is 0.0300. The summed E-state index contributed by atoms with van der Waals surface area (Å²) in [5.41, 5.74) is 9.00. The summed E-state index contributed by atoms with van der Waals surface area (Å²) in [6, 6.07) is 8.24. The third kappa shape index (κ3) is 8.19. The van der Waals surface area contributed by atoms with E-state index in [-0.39, 0.29) is 17.8 Å². The molecule has 206 valence electrons. The van der Waals surface area contributed by atoms with Crippen molar-refractivity contribution in [2.45, 2.75) is 71.3 Å². The molecule has 9 nitrogen and oxygen atoms in total. The molecule has 38 heavy (non-hydrogen) atoms. The van der Waals surface area contributed by atoms with Gasteiger partial charge in [-0.25, -0.2) is 14.8 Å². The van der Waals surface area contributed by atoms with Gasteiger partial charge in [0.25, 0.3) is 0 Å². The molecule has 1 unspecified atom stereocenters. The maximum Gasteiger partial charge on any atom is 0.410 e. The second-order valence-electron chi connectivity index (χ2n) is 10.9. The zero-order valence-electron chi connectivity index (χ0n) is 23.6. The standard InChI is InChI=1S/C29H42N6O3/c1-7-26-32-19-24-25(36)12-11-20(13-15-34(5)27(24)33-26)21-9-8-10-23(17-21)31-18-22(30)14-16-35(6)28(37)38-29(2,3)4/h8-10,17-20,31H,7,11-16,30H2,1-6H3/b22-18-. The normalized spacial score (nSPS) is 16.7. The van der Waals surface area contributed by atoms with E-state index < -0.39 is 5.60 Å². The number of anilines is 2. The molecule has 1 amide bonds. The van der Waals surface area contributed by atoms with Crippen LogP contribution in [-0.4, -0.2) is 59.5 Å². The number of ketones is 1. The van der Waals surface area contributed by atoms with Crippen LogP contribution >= 0.6 is 0 Å². The molecule has 0 aliphatic carbocycles. The molecular formula is C29H42N6O3. The molecule has 3 rings (SSSR count). The molecule has 0 radical (unpaired) electrons. The van der Waals surface area contributed by atoms with Crippen molar-refractivity contribution in [2.24, 2.45) is 5.73 Å². The molecule has 3 N–H and O–H groups in total. The van der Waals surface area contributed by atoms with Crippen molar-refractivity contribution in [1.82, 2.24) is 14.9 Å². The summed E-state index contributed by atoms with van der Waals surface area (Å²) in [5, 5.41) is 3.28. The average molecular weight is 523 g/mol. The first-order valence-corrected chi connectivity index (χ1v) is 13.3. The van der Waals surface area contributed by atoms with Crippen LogP contribution in [0.4, 0.5) is 16.3 Å². The highest BCUT2D eigenvalue weighted by Gasteiger charge is 2.24. The first kappa shape index (κ1) is 28.9. The highest BCUT2D eigenvalue weighted by Crippen LogP contribution is 2.31. The molecule has 0 saturated carbocycles. The van der Waals surface area contributed by atoms with Gasteiger partial charge in [0.1, 0.15) is 17.2 Å². The minimum absolute atomic E-state index is 0.0859. The number of ether oxygens (including phenoxy) is 1. The number of aromatic nitrogens is 2. The van der Waals surface area contributed by atoms with Crippen molar-refractivity contribution in [2.75, 3.05) is 37.4 Å². The molecule has 1 aliphatic rings. The van der Waals surface area contributed by atoms with E-state index in [0.717, 1.165) is 43.1 Å². The molecule has 0 fully saturated rings. The molecule has 9 heteroatoms. The molecule has 1 aliphatic heterocycles. The number of nitrogens with zero attached hydrogens (tertiary/aromatic N) is 4. The summed E-state index contributed by atoms with van der Waals surface area (Å²) >= 11 is 0. The Morgan fingerprint density at radius 1 is 1.32 bits per heavy atom. The van der Waals surface area contributed by atoms with Crippen molar-refractivity contribution < 1.29 is 14.3 Å². The van der Waals surface area contributed by atoms with Gasteiger partial charge >= 0.3 is 6.09 Å². The molecular weight excluding hydrogens is 480 g/mol. The SMILES string of the molecule is CCc1ncc2c(n1)N(C)CCC(c1cccc(N/C=C(\N)CCN(C)C(=O)OC(C)(C)C)c1)CCC2=O. The van der Waals surface area contributed by atoms with Gasteiger partial charge in [0, 0.05) is 70.2 Å². The van der Waals surface area contributed by atoms with E-state index in [0.29, 0.717) is 30.6 Å². The minimum Gasteiger partial charge on any atom is -0.444 e. The number of amides is 1. The smallest absolute Gasteiger partial charge is 0.410 e. The number of benzene rings is 1. The molecule has 1 aromatic heterocycles. The van der Waals surface area contributed by atoms with Gasteiger partial charge < -0.3 is 25.6 Å². The number of fused-ring (bicyclic) bond motifs is 1. The third-order valence-electron chi connectivity index (χ3n) is 6.55. The number of carbonyl (C=O) groups is 2. The topological polar surface area (TPSA) is 114 Å². The Labute approximate surface area is 226 Å². The van der Waals surface area contributed by atoms with Crippen molar-refractivity contribution in [3.05, 3.63) is 59.3 Å². The molecule has 2 heterocycles. The minimum atomic E-state index is -0.533. The van der Waals surface area contributed by atoms with Crippen LogP contribution in [0.1, 0.15) is 81.0 Å². The number of nitrogens with two attached hydrogens (primary N) is 1. The van der Waals surface area contributed by atoms with Gasteiger partial charge in [-0.1, -0.05) is 19.1 Å². The fourth-order valence-corrected chi connectivity index (χ4v) is 4.30. The molecule has 0 saturated heterocycles. The largest absolute Gasteiger partial charge is 0.444 e. The Morgan fingerprint density at radius 2 is 2.08 bits per heavy atom. The first-order chi connectivity index (χ1) is 18.0. The molecule has 1 atom stereocenters. The fourth-order valence-electron chi connectivity index (χ4n) is 4.30. The lowest BCUT2D eigenvalue weighted by Gasteiger charge is -2.24. The summed E-state index contributed by atoms with van der Waals surface area (Å²) in [5.74, 6) is 1.81. The van der Waals surface area contributed by atoms with Gasteiger partial charge in [-0.15, -0.1) is 0 Å². The van der Waals surface area contributed by atoms with Crippen LogP contribution in [0.2, 0.25) is 0 Å². The number of hydrogen-bond acceptors (Lipinski definition) is 8. The van der Waals surface area contributed by atoms with E-state index in [4.69, 9.17) is 10.5 Å². The van der Waals surface area contributed by atoms with Crippen LogP contribution in [0.5, 0.6) is 0 Å². The summed E-state index contributed by atoms with van der Waals surface area (Å²) in [6.45, 7) is 8.79. The monoisotopic (exact) mass is 522 g/mol. The van der Waals surface area contributed by atoms with Gasteiger partial charge in [0.2, 0.25) is 0 Å². The van der Waals surface area contributed by atoms with E-state index in [1.165, 1.54) is 10.5 Å². The van der Waals surface area contributed by atoms with Crippen LogP contribution in [0.15, 0.2) is 42.4 Å². The highest BCUT2D eigenvalue weighted by molar-refractivity contribution is 6.00. The number of aryl methyl sites for hydroxylation is 1. The van der Waals surface area contributed by atoms with Crippen LogP contribution in [0, 0.1) is 0 Å². The quantitative estimate of drug-likeness (QED) is 0.517. The van der Waals surface area contributed by atoms with E-state index in [1.807, 2.05) is 46.9 Å². The summed E-state index contributed by atoms with van der Waals surface area (Å²) in [4.78, 5) is 37.8. The lowest BCUT2D eigenvalue weighted by atomic mass is 9.90. The van der Waals surface area contributed by atoms with Gasteiger partial charge in [-0.05, 0) is 57.2 Å². The predicted octanol–water partition coefficient (Wildman–Crippen LogP) is 5.09. The highest BCUT2D eigenvalue weighted by atomic mass is 16.6. The predicted molar refractivity (Wildman–Crippen MR) is 151 cm³/mol. The van der Waals surface area contributed by atoms with Crippen LogP contribution in [0.3, 0.4) is 0 Å². The maximum absolute atomic E-state index is 13.0. The number of Topliss-reactive ketones (excluding diaryl/α,β-unsaturated/α-hetero) is 1. The zero-order chi connectivity index (χ0) is 27.9. The van der Waals surface area contributed by atoms with Crippen LogP contribution in [0.25, 0.3) is 0 Å². The molecule has 0 bridgehead atoms. The van der Waals surface area contributed by atoms with Gasteiger partial charge in [0.15, 0.2) is 5.78 Å². The molecule has 2 aromatic rings. The molecule has 1 aromatic carbocycles. The Balaban J connectivity index is 1.63. The number of nitrogens with one attached hydrogen (secondary N) is 1. The van der Waals surface area contributed by atoms with Gasteiger partial charge in [-0.2, -0.15) is 0 Å². The second kappa shape index (κ2) is 12.8. The van der Waals surface area contributed by atoms with E-state index in [9.17, 15) is 9.59 Å². The van der Waals surface area contributed by atoms with Crippen LogP contribution in [-0.2, 0) is 11.2 Å². The van der Waals surface area contributed by atoms with Crippen molar-refractivity contribution in [1.29, 1.82) is 0 Å². The Hall–Kier alpha value is -3.62. The zero-order valence-corrected chi connectivity index (χ0v) is 23.6. The van der Waals surface area contributed by atoms with Crippen molar-refractivity contribution in [3.63, 3.8) is 0 Å². The Morgan fingerprint density at radius 3 is 2.79 bits per heavy atom. The average Bonchev–Trinajstić information content (AvgIpc) is 2.94. The first-order valence-electron chi connectivity index (χ1n) is 13.3. The van der Waals surface area contributed by atoms with Crippen molar-refractivity contribution in [3.8, 4) is 0 Å². The Bertz CT molecular complexity index is 1160. The van der Waals surface area contributed by atoms with E-state index in [2.05, 4.69) is 32.3 Å².